The Balaban J connectivity index is 1.06. The summed E-state index contributed by atoms with van der Waals surface area (Å²) in [7, 11) is 0. The molecule has 9 aromatic carbocycles. The molecule has 0 bridgehead atoms. The van der Waals surface area contributed by atoms with Crippen molar-refractivity contribution < 1.29 is 0 Å². The van der Waals surface area contributed by atoms with Crippen LogP contribution in [-0.2, 0) is 10.8 Å². The van der Waals surface area contributed by atoms with Gasteiger partial charge in [-0.05, 0) is 104 Å². The number of nitrogens with zero attached hydrogens (tertiary/aromatic N) is 2. The monoisotopic (exact) mass is 768 g/mol. The molecule has 12 rings (SSSR count). The van der Waals surface area contributed by atoms with Gasteiger partial charge in [0.05, 0.1) is 22.4 Å². The van der Waals surface area contributed by atoms with Gasteiger partial charge in [0.2, 0.25) is 0 Å². The molecule has 0 spiro atoms. The van der Waals surface area contributed by atoms with Crippen LogP contribution in [0.5, 0.6) is 0 Å². The summed E-state index contributed by atoms with van der Waals surface area (Å²) >= 11 is 0. The Morgan fingerprint density at radius 1 is 0.367 bits per heavy atom. The van der Waals surface area contributed by atoms with E-state index in [0.717, 1.165) is 17.1 Å². The molecule has 10 aromatic rings. The zero-order valence-electron chi connectivity index (χ0n) is 34.4. The van der Waals surface area contributed by atoms with Gasteiger partial charge in [0.15, 0.2) is 0 Å². The van der Waals surface area contributed by atoms with Gasteiger partial charge in [-0.2, -0.15) is 0 Å². The third-order valence-corrected chi connectivity index (χ3v) is 13.8. The number of benzene rings is 9. The molecule has 1 aromatic heterocycles. The molecule has 0 aliphatic heterocycles. The van der Waals surface area contributed by atoms with Crippen LogP contribution in [-0.4, -0.2) is 4.57 Å². The van der Waals surface area contributed by atoms with Crippen LogP contribution in [0, 0.1) is 0 Å². The van der Waals surface area contributed by atoms with Crippen molar-refractivity contribution in [2.45, 2.75) is 38.5 Å². The van der Waals surface area contributed by atoms with Crippen LogP contribution in [0.2, 0.25) is 0 Å². The summed E-state index contributed by atoms with van der Waals surface area (Å²) in [6.45, 7) is 9.47. The molecule has 0 saturated heterocycles. The fourth-order valence-corrected chi connectivity index (χ4v) is 10.9. The summed E-state index contributed by atoms with van der Waals surface area (Å²) in [6, 6.07) is 72.3. The summed E-state index contributed by atoms with van der Waals surface area (Å²) in [6.07, 6.45) is 0. The Morgan fingerprint density at radius 2 is 0.917 bits per heavy atom. The van der Waals surface area contributed by atoms with Crippen molar-refractivity contribution in [1.29, 1.82) is 0 Å². The number of hydrogen-bond donors (Lipinski definition) is 0. The highest BCUT2D eigenvalue weighted by Gasteiger charge is 2.39. The Bertz CT molecular complexity index is 3320. The fraction of sp³-hybridized carbons (Fsp3) is 0.103. The molecule has 0 unspecified atom stereocenters. The molecule has 286 valence electrons. The van der Waals surface area contributed by atoms with Gasteiger partial charge in [-0.15, -0.1) is 0 Å². The molecule has 0 saturated carbocycles. The van der Waals surface area contributed by atoms with Crippen molar-refractivity contribution in [3.05, 3.63) is 216 Å². The van der Waals surface area contributed by atoms with E-state index in [4.69, 9.17) is 0 Å². The highest BCUT2D eigenvalue weighted by atomic mass is 15.1. The predicted octanol–water partition coefficient (Wildman–Crippen LogP) is 15.7. The van der Waals surface area contributed by atoms with Crippen molar-refractivity contribution in [2.24, 2.45) is 0 Å². The number of anilines is 3. The van der Waals surface area contributed by atoms with E-state index in [9.17, 15) is 0 Å². The average molecular weight is 769 g/mol. The maximum absolute atomic E-state index is 2.54. The van der Waals surface area contributed by atoms with Crippen molar-refractivity contribution in [2.75, 3.05) is 4.90 Å². The molecule has 2 aliphatic carbocycles. The molecular weight excluding hydrogens is 725 g/mol. The lowest BCUT2D eigenvalue weighted by Crippen LogP contribution is -2.17. The molecule has 2 nitrogen and oxygen atoms in total. The molecule has 0 fully saturated rings. The lowest BCUT2D eigenvalue weighted by atomic mass is 9.82. The topological polar surface area (TPSA) is 8.17 Å². The molecule has 0 atom stereocenters. The Morgan fingerprint density at radius 3 is 1.63 bits per heavy atom. The van der Waals surface area contributed by atoms with Gasteiger partial charge in [-0.1, -0.05) is 173 Å². The van der Waals surface area contributed by atoms with Crippen LogP contribution in [0.25, 0.3) is 71.6 Å². The quantitative estimate of drug-likeness (QED) is 0.169. The van der Waals surface area contributed by atoms with Crippen molar-refractivity contribution in [3.63, 3.8) is 0 Å². The van der Waals surface area contributed by atoms with E-state index in [-0.39, 0.29) is 10.8 Å². The second-order valence-corrected chi connectivity index (χ2v) is 17.7. The van der Waals surface area contributed by atoms with Crippen molar-refractivity contribution in [1.82, 2.24) is 4.57 Å². The second-order valence-electron chi connectivity index (χ2n) is 17.7. The Hall–Kier alpha value is -7.16. The first-order valence-electron chi connectivity index (χ1n) is 21.2. The molecule has 0 radical (unpaired) electrons. The molecule has 2 heteroatoms. The van der Waals surface area contributed by atoms with Gasteiger partial charge < -0.3 is 9.47 Å². The highest BCUT2D eigenvalue weighted by molar-refractivity contribution is 6.10. The molecule has 0 N–H and O–H groups in total. The molecule has 60 heavy (non-hydrogen) atoms. The van der Waals surface area contributed by atoms with Crippen LogP contribution < -0.4 is 4.90 Å². The van der Waals surface area contributed by atoms with Crippen LogP contribution >= 0.6 is 0 Å². The maximum Gasteiger partial charge on any atom is 0.0543 e. The van der Waals surface area contributed by atoms with Crippen LogP contribution in [0.3, 0.4) is 0 Å². The van der Waals surface area contributed by atoms with E-state index in [1.165, 1.54) is 93.9 Å². The first kappa shape index (κ1) is 34.8. The molecule has 0 amide bonds. The Labute approximate surface area is 351 Å². The number of aromatic nitrogens is 1. The highest BCUT2D eigenvalue weighted by Crippen LogP contribution is 2.56. The fourth-order valence-electron chi connectivity index (χ4n) is 10.9. The Kier molecular flexibility index (Phi) is 7.36. The molecule has 2 aliphatic rings. The largest absolute Gasteiger partial charge is 0.309 e. The maximum atomic E-state index is 2.54. The summed E-state index contributed by atoms with van der Waals surface area (Å²) < 4.78 is 2.39. The minimum atomic E-state index is -0.119. The van der Waals surface area contributed by atoms with E-state index in [1.54, 1.807) is 0 Å². The molecular formula is C58H44N2. The smallest absolute Gasteiger partial charge is 0.0543 e. The SMILES string of the molecule is CC1(C)c2ccccc2-c2cc(N(c3cccc4c3-c3ccccc3C4(C)C)c3ccc(-c4ccc(-n5c6ccccc6c6ccccc65)cc4)c4ccccc34)ccc21. The standard InChI is InChI=1S/C58H44N2/c1-57(2)48-22-11-7-17-42(48)47-36-39(32-34-50(47)57)60(55-27-15-24-51-56(55)46-21-8-12-23-49(46)58(51,3)4)54-35-33-40(41-16-5-6-18-43(41)54)37-28-30-38(31-29-37)59-52-25-13-9-19-44(52)45-20-10-14-26-53(45)59/h5-36H,1-4H3. The van der Waals surface area contributed by atoms with Gasteiger partial charge in [-0.25, -0.2) is 0 Å². The summed E-state index contributed by atoms with van der Waals surface area (Å²) in [5.41, 5.74) is 20.1. The number of para-hydroxylation sites is 2. The lowest BCUT2D eigenvalue weighted by Gasteiger charge is -2.31. The van der Waals surface area contributed by atoms with E-state index in [0.29, 0.717) is 0 Å². The zero-order valence-corrected chi connectivity index (χ0v) is 34.4. The zero-order chi connectivity index (χ0) is 40.3. The minimum Gasteiger partial charge on any atom is -0.309 e. The number of hydrogen-bond acceptors (Lipinski definition) is 1. The third-order valence-electron chi connectivity index (χ3n) is 13.8. The van der Waals surface area contributed by atoms with E-state index in [1.807, 2.05) is 0 Å². The van der Waals surface area contributed by atoms with Crippen molar-refractivity contribution >= 4 is 49.6 Å². The normalized spacial score (nSPS) is 14.3. The van der Waals surface area contributed by atoms with Gasteiger partial charge in [0, 0.05) is 43.9 Å². The number of fused-ring (bicyclic) bond motifs is 10. The predicted molar refractivity (Wildman–Crippen MR) is 254 cm³/mol. The van der Waals surface area contributed by atoms with Crippen LogP contribution in [0.4, 0.5) is 17.1 Å². The summed E-state index contributed by atoms with van der Waals surface area (Å²) in [4.78, 5) is 2.54. The van der Waals surface area contributed by atoms with Crippen molar-refractivity contribution in [3.8, 4) is 39.1 Å². The van der Waals surface area contributed by atoms with Gasteiger partial charge in [0.1, 0.15) is 0 Å². The van der Waals surface area contributed by atoms with E-state index < -0.39 is 0 Å². The summed E-state index contributed by atoms with van der Waals surface area (Å²) in [5, 5.41) is 4.99. The first-order valence-corrected chi connectivity index (χ1v) is 21.2. The minimum absolute atomic E-state index is 0.0717. The van der Waals surface area contributed by atoms with Gasteiger partial charge in [0.25, 0.3) is 0 Å². The summed E-state index contributed by atoms with van der Waals surface area (Å²) in [5.74, 6) is 0. The second kappa shape index (κ2) is 12.7. The molecule has 1 heterocycles. The third kappa shape index (κ3) is 4.82. The van der Waals surface area contributed by atoms with Crippen LogP contribution in [0.1, 0.15) is 49.9 Å². The van der Waals surface area contributed by atoms with E-state index in [2.05, 4.69) is 231 Å². The van der Waals surface area contributed by atoms with E-state index >= 15 is 0 Å². The number of rotatable bonds is 5. The lowest BCUT2D eigenvalue weighted by molar-refractivity contribution is 0.660. The van der Waals surface area contributed by atoms with Gasteiger partial charge >= 0.3 is 0 Å². The first-order chi connectivity index (χ1) is 29.3. The van der Waals surface area contributed by atoms with Crippen LogP contribution in [0.15, 0.2) is 194 Å². The average Bonchev–Trinajstić information content (AvgIpc) is 3.84. The van der Waals surface area contributed by atoms with Gasteiger partial charge in [-0.3, -0.25) is 0 Å².